The summed E-state index contributed by atoms with van der Waals surface area (Å²) in [5.41, 5.74) is 5.92. The van der Waals surface area contributed by atoms with E-state index in [-0.39, 0.29) is 0 Å². The topological polar surface area (TPSA) is 25.8 Å². The lowest BCUT2D eigenvalue weighted by Crippen LogP contribution is -1.86. The molecule has 2 heteroatoms. The molecular formula is C24H28N2. The molecule has 2 aromatic carbocycles. The molecule has 2 aromatic heterocycles. The minimum absolute atomic E-state index is 1.08. The molecule has 0 aliphatic heterocycles. The highest BCUT2D eigenvalue weighted by molar-refractivity contribution is 5.86. The van der Waals surface area contributed by atoms with E-state index in [0.29, 0.717) is 0 Å². The van der Waals surface area contributed by atoms with E-state index in [0.717, 1.165) is 11.2 Å². The van der Waals surface area contributed by atoms with Crippen LogP contribution >= 0.6 is 0 Å². The summed E-state index contributed by atoms with van der Waals surface area (Å²) >= 11 is 0. The minimum Gasteiger partial charge on any atom is -0.261 e. The molecule has 0 atom stereocenters. The van der Waals surface area contributed by atoms with Gasteiger partial charge in [0.25, 0.3) is 0 Å². The van der Waals surface area contributed by atoms with Crippen molar-refractivity contribution in [2.75, 3.05) is 0 Å². The SMILES string of the molecule is CC.Cc1cnc(C)c2ccccc12.Cc1cnc2cc(C)ccc2c1. The fraction of sp³-hybridized carbons (Fsp3) is 0.250. The molecule has 134 valence electrons. The quantitative estimate of drug-likeness (QED) is 0.353. The molecule has 0 saturated heterocycles. The predicted octanol–water partition coefficient (Wildman–Crippen LogP) is 6.73. The molecule has 0 amide bonds. The van der Waals surface area contributed by atoms with Crippen molar-refractivity contribution in [1.82, 2.24) is 9.97 Å². The number of hydrogen-bond acceptors (Lipinski definition) is 2. The van der Waals surface area contributed by atoms with Crippen molar-refractivity contribution in [2.24, 2.45) is 0 Å². The minimum atomic E-state index is 1.08. The number of nitrogens with zero attached hydrogens (tertiary/aromatic N) is 2. The first-order valence-corrected chi connectivity index (χ1v) is 9.18. The third-order valence-electron chi connectivity index (χ3n) is 4.17. The molecule has 0 radical (unpaired) electrons. The van der Waals surface area contributed by atoms with Gasteiger partial charge < -0.3 is 0 Å². The zero-order valence-corrected chi connectivity index (χ0v) is 16.7. The Morgan fingerprint density at radius 1 is 0.654 bits per heavy atom. The van der Waals surface area contributed by atoms with Gasteiger partial charge in [-0.05, 0) is 61.9 Å². The fourth-order valence-electron chi connectivity index (χ4n) is 2.82. The summed E-state index contributed by atoms with van der Waals surface area (Å²) in [6.07, 6.45) is 3.83. The Labute approximate surface area is 156 Å². The molecule has 2 heterocycles. The summed E-state index contributed by atoms with van der Waals surface area (Å²) in [6, 6.07) is 16.9. The van der Waals surface area contributed by atoms with Crippen LogP contribution < -0.4 is 0 Å². The maximum atomic E-state index is 4.34. The fourth-order valence-corrected chi connectivity index (χ4v) is 2.82. The summed E-state index contributed by atoms with van der Waals surface area (Å²) in [4.78, 5) is 8.65. The van der Waals surface area contributed by atoms with Crippen LogP contribution in [0.3, 0.4) is 0 Å². The van der Waals surface area contributed by atoms with E-state index in [2.05, 4.69) is 79.3 Å². The zero-order chi connectivity index (χ0) is 19.1. The molecule has 0 bridgehead atoms. The largest absolute Gasteiger partial charge is 0.261 e. The van der Waals surface area contributed by atoms with Crippen LogP contribution in [-0.2, 0) is 0 Å². The number of pyridine rings is 2. The smallest absolute Gasteiger partial charge is 0.0704 e. The second kappa shape index (κ2) is 9.10. The highest BCUT2D eigenvalue weighted by Crippen LogP contribution is 2.19. The molecule has 26 heavy (non-hydrogen) atoms. The van der Waals surface area contributed by atoms with Crippen LogP contribution in [-0.4, -0.2) is 9.97 Å². The molecule has 0 aliphatic carbocycles. The van der Waals surface area contributed by atoms with Crippen LogP contribution in [0.2, 0.25) is 0 Å². The van der Waals surface area contributed by atoms with Crippen LogP contribution in [0, 0.1) is 27.7 Å². The number of fused-ring (bicyclic) bond motifs is 2. The van der Waals surface area contributed by atoms with Gasteiger partial charge in [0, 0.05) is 28.9 Å². The summed E-state index contributed by atoms with van der Waals surface area (Å²) in [5, 5.41) is 3.79. The summed E-state index contributed by atoms with van der Waals surface area (Å²) < 4.78 is 0. The molecule has 0 saturated carbocycles. The highest BCUT2D eigenvalue weighted by atomic mass is 14.7. The highest BCUT2D eigenvalue weighted by Gasteiger charge is 1.98. The van der Waals surface area contributed by atoms with Gasteiger partial charge in [-0.1, -0.05) is 50.2 Å². The van der Waals surface area contributed by atoms with Gasteiger partial charge in [-0.2, -0.15) is 0 Å². The van der Waals surface area contributed by atoms with E-state index < -0.39 is 0 Å². The number of aryl methyl sites for hydroxylation is 4. The van der Waals surface area contributed by atoms with Gasteiger partial charge in [0.15, 0.2) is 0 Å². The second-order valence-electron chi connectivity index (χ2n) is 6.28. The van der Waals surface area contributed by atoms with Crippen LogP contribution in [0.4, 0.5) is 0 Å². The molecular weight excluding hydrogens is 316 g/mol. The Hall–Kier alpha value is -2.74. The third-order valence-corrected chi connectivity index (χ3v) is 4.17. The molecule has 0 aliphatic rings. The Balaban J connectivity index is 0.000000171. The van der Waals surface area contributed by atoms with Crippen molar-refractivity contribution < 1.29 is 0 Å². The van der Waals surface area contributed by atoms with Crippen molar-refractivity contribution in [1.29, 1.82) is 0 Å². The molecule has 0 spiro atoms. The number of aromatic nitrogens is 2. The van der Waals surface area contributed by atoms with Gasteiger partial charge in [-0.3, -0.25) is 9.97 Å². The molecule has 4 aromatic rings. The summed E-state index contributed by atoms with van der Waals surface area (Å²) in [6.45, 7) is 12.3. The van der Waals surface area contributed by atoms with Gasteiger partial charge in [-0.15, -0.1) is 0 Å². The van der Waals surface area contributed by atoms with Crippen molar-refractivity contribution in [2.45, 2.75) is 41.5 Å². The Bertz CT molecular complexity index is 922. The lowest BCUT2D eigenvalue weighted by atomic mass is 10.1. The van der Waals surface area contributed by atoms with Crippen molar-refractivity contribution >= 4 is 21.7 Å². The van der Waals surface area contributed by atoms with Crippen molar-refractivity contribution in [3.63, 3.8) is 0 Å². The Morgan fingerprint density at radius 2 is 1.35 bits per heavy atom. The van der Waals surface area contributed by atoms with Crippen LogP contribution in [0.25, 0.3) is 21.7 Å². The lowest BCUT2D eigenvalue weighted by Gasteiger charge is -2.02. The molecule has 0 fully saturated rings. The average molecular weight is 345 g/mol. The van der Waals surface area contributed by atoms with Crippen LogP contribution in [0.5, 0.6) is 0 Å². The third kappa shape index (κ3) is 4.66. The monoisotopic (exact) mass is 344 g/mol. The van der Waals surface area contributed by atoms with Gasteiger partial charge in [0.2, 0.25) is 0 Å². The molecule has 4 rings (SSSR count). The van der Waals surface area contributed by atoms with Gasteiger partial charge >= 0.3 is 0 Å². The van der Waals surface area contributed by atoms with E-state index in [9.17, 15) is 0 Å². The zero-order valence-electron chi connectivity index (χ0n) is 16.7. The normalized spacial score (nSPS) is 9.92. The molecule has 0 unspecified atom stereocenters. The first-order chi connectivity index (χ1) is 12.5. The van der Waals surface area contributed by atoms with Gasteiger partial charge in [-0.25, -0.2) is 0 Å². The predicted molar refractivity (Wildman–Crippen MR) is 114 cm³/mol. The second-order valence-corrected chi connectivity index (χ2v) is 6.28. The summed E-state index contributed by atoms with van der Waals surface area (Å²) in [7, 11) is 0. The van der Waals surface area contributed by atoms with E-state index in [4.69, 9.17) is 0 Å². The van der Waals surface area contributed by atoms with Gasteiger partial charge in [0.05, 0.1) is 5.52 Å². The van der Waals surface area contributed by atoms with E-state index >= 15 is 0 Å². The van der Waals surface area contributed by atoms with Crippen LogP contribution in [0.15, 0.2) is 60.9 Å². The van der Waals surface area contributed by atoms with Gasteiger partial charge in [0.1, 0.15) is 0 Å². The maximum absolute atomic E-state index is 4.34. The van der Waals surface area contributed by atoms with Crippen LogP contribution in [0.1, 0.15) is 36.2 Å². The van der Waals surface area contributed by atoms with Crippen molar-refractivity contribution in [3.8, 4) is 0 Å². The molecule has 0 N–H and O–H groups in total. The standard InChI is InChI=1S/2C11H11N.C2H6/c1-8-3-4-10-5-9(2)7-12-11(10)6-8;1-8-7-12-9(2)11-6-4-3-5-10(8)11;1-2/h2*3-7H,1-2H3;1-2H3. The average Bonchev–Trinajstić information content (AvgIpc) is 2.67. The first-order valence-electron chi connectivity index (χ1n) is 9.18. The molecule has 2 nitrogen and oxygen atoms in total. The number of rotatable bonds is 0. The van der Waals surface area contributed by atoms with Crippen molar-refractivity contribution in [3.05, 3.63) is 83.3 Å². The lowest BCUT2D eigenvalue weighted by molar-refractivity contribution is 1.21. The Kier molecular flexibility index (Phi) is 6.85. The number of benzene rings is 2. The van der Waals surface area contributed by atoms with E-state index in [1.807, 2.05) is 33.2 Å². The summed E-state index contributed by atoms with van der Waals surface area (Å²) in [5.74, 6) is 0. The van der Waals surface area contributed by atoms with E-state index in [1.54, 1.807) is 0 Å². The Morgan fingerprint density at radius 3 is 2.04 bits per heavy atom. The number of hydrogen-bond donors (Lipinski definition) is 0. The first kappa shape index (κ1) is 19.6. The maximum Gasteiger partial charge on any atom is 0.0704 e. The van der Waals surface area contributed by atoms with E-state index in [1.165, 1.54) is 32.8 Å².